The highest BCUT2D eigenvalue weighted by atomic mass is 35.5. The average molecular weight is 288 g/mol. The summed E-state index contributed by atoms with van der Waals surface area (Å²) in [5, 5.41) is 1.86. The van der Waals surface area contributed by atoms with Crippen LogP contribution in [0.15, 0.2) is 36.3 Å². The van der Waals surface area contributed by atoms with Crippen molar-refractivity contribution < 1.29 is 13.9 Å². The van der Waals surface area contributed by atoms with Crippen molar-refractivity contribution in [1.29, 1.82) is 0 Å². The summed E-state index contributed by atoms with van der Waals surface area (Å²) in [6, 6.07) is 0. The molecule has 0 spiro atoms. The first-order valence-electron chi connectivity index (χ1n) is 6.19. The SMILES string of the molecule is C=C(CC)NC(=O)CO/C=C1\CCC(=C)C(Cl)C1F. The van der Waals surface area contributed by atoms with Gasteiger partial charge < -0.3 is 10.1 Å². The van der Waals surface area contributed by atoms with Gasteiger partial charge in [0, 0.05) is 11.3 Å². The first kappa shape index (κ1) is 15.8. The number of nitrogens with one attached hydrogen (secondary N) is 1. The van der Waals surface area contributed by atoms with Crippen LogP contribution in [-0.2, 0) is 9.53 Å². The lowest BCUT2D eigenvalue weighted by Crippen LogP contribution is -2.27. The molecule has 2 atom stereocenters. The highest BCUT2D eigenvalue weighted by Crippen LogP contribution is 2.33. The van der Waals surface area contributed by atoms with Crippen molar-refractivity contribution in [3.05, 3.63) is 36.3 Å². The summed E-state index contributed by atoms with van der Waals surface area (Å²) in [6.07, 6.45) is 1.82. The van der Waals surface area contributed by atoms with Crippen molar-refractivity contribution in [3.8, 4) is 0 Å². The molecule has 1 N–H and O–H groups in total. The number of hydrogen-bond donors (Lipinski definition) is 1. The molecule has 2 unspecified atom stereocenters. The third-order valence-electron chi connectivity index (χ3n) is 2.93. The first-order valence-corrected chi connectivity index (χ1v) is 6.63. The first-order chi connectivity index (χ1) is 8.95. The monoisotopic (exact) mass is 287 g/mol. The van der Waals surface area contributed by atoms with Gasteiger partial charge in [-0.1, -0.05) is 25.7 Å². The molecule has 1 amide bonds. The van der Waals surface area contributed by atoms with Crippen molar-refractivity contribution in [1.82, 2.24) is 5.32 Å². The van der Waals surface area contributed by atoms with Gasteiger partial charge in [-0.3, -0.25) is 4.79 Å². The highest BCUT2D eigenvalue weighted by molar-refractivity contribution is 6.23. The molecule has 1 aliphatic carbocycles. The fraction of sp³-hybridized carbons (Fsp3) is 0.500. The van der Waals surface area contributed by atoms with E-state index in [9.17, 15) is 9.18 Å². The van der Waals surface area contributed by atoms with Crippen molar-refractivity contribution in [2.24, 2.45) is 0 Å². The van der Waals surface area contributed by atoms with Crippen LogP contribution in [0.1, 0.15) is 26.2 Å². The van der Waals surface area contributed by atoms with E-state index >= 15 is 0 Å². The maximum Gasteiger partial charge on any atom is 0.261 e. The van der Waals surface area contributed by atoms with E-state index in [4.69, 9.17) is 16.3 Å². The standard InChI is InChI=1S/C14H19ClFNO2/c1-4-10(3)17-12(18)8-19-7-11-6-5-9(2)13(15)14(11)16/h7,13-14H,2-6,8H2,1H3,(H,17,18)/b11-7+. The summed E-state index contributed by atoms with van der Waals surface area (Å²) in [6.45, 7) is 9.09. The third-order valence-corrected chi connectivity index (χ3v) is 3.46. The molecular formula is C14H19ClFNO2. The molecule has 1 fully saturated rings. The van der Waals surface area contributed by atoms with E-state index < -0.39 is 11.5 Å². The van der Waals surface area contributed by atoms with Gasteiger partial charge in [-0.15, -0.1) is 11.6 Å². The number of rotatable bonds is 5. The summed E-state index contributed by atoms with van der Waals surface area (Å²) in [7, 11) is 0. The summed E-state index contributed by atoms with van der Waals surface area (Å²) in [5.74, 6) is -0.304. The van der Waals surface area contributed by atoms with Crippen LogP contribution in [0.2, 0.25) is 0 Å². The number of carbonyl (C=O) groups is 1. The van der Waals surface area contributed by atoms with E-state index in [1.807, 2.05) is 6.92 Å². The number of ether oxygens (including phenoxy) is 1. The van der Waals surface area contributed by atoms with Gasteiger partial charge in [0.25, 0.3) is 5.91 Å². The van der Waals surface area contributed by atoms with Crippen LogP contribution in [-0.4, -0.2) is 24.1 Å². The van der Waals surface area contributed by atoms with Crippen LogP contribution in [0, 0.1) is 0 Å². The Hall–Kier alpha value is -1.29. The van der Waals surface area contributed by atoms with Gasteiger partial charge in [0.1, 0.15) is 6.17 Å². The lowest BCUT2D eigenvalue weighted by atomic mass is 9.90. The molecule has 0 aliphatic heterocycles. The molecule has 0 heterocycles. The second-order valence-corrected chi connectivity index (χ2v) is 4.94. The molecule has 0 bridgehead atoms. The van der Waals surface area contributed by atoms with Crippen molar-refractivity contribution in [2.45, 2.75) is 37.7 Å². The normalized spacial score (nSPS) is 25.2. The smallest absolute Gasteiger partial charge is 0.261 e. The Balaban J connectivity index is 2.42. The molecule has 0 radical (unpaired) electrons. The Bertz CT molecular complexity index is 406. The summed E-state index contributed by atoms with van der Waals surface area (Å²) in [5.41, 5.74) is 1.79. The lowest BCUT2D eigenvalue weighted by molar-refractivity contribution is -0.123. The number of alkyl halides is 2. The van der Waals surface area contributed by atoms with Crippen LogP contribution in [0.3, 0.4) is 0 Å². The molecular weight excluding hydrogens is 269 g/mol. The largest absolute Gasteiger partial charge is 0.491 e. The molecule has 106 valence electrons. The van der Waals surface area contributed by atoms with E-state index in [1.54, 1.807) is 0 Å². The van der Waals surface area contributed by atoms with Crippen molar-refractivity contribution in [2.75, 3.05) is 6.61 Å². The predicted octanol–water partition coefficient (Wildman–Crippen LogP) is 3.22. The topological polar surface area (TPSA) is 38.3 Å². The maximum absolute atomic E-state index is 13.8. The minimum atomic E-state index is -1.29. The van der Waals surface area contributed by atoms with Crippen LogP contribution in [0.4, 0.5) is 4.39 Å². The highest BCUT2D eigenvalue weighted by Gasteiger charge is 2.30. The van der Waals surface area contributed by atoms with E-state index in [1.165, 1.54) is 6.26 Å². The Morgan fingerprint density at radius 1 is 1.63 bits per heavy atom. The molecule has 0 aromatic carbocycles. The summed E-state index contributed by atoms with van der Waals surface area (Å²) in [4.78, 5) is 11.4. The van der Waals surface area contributed by atoms with Crippen LogP contribution in [0.5, 0.6) is 0 Å². The quantitative estimate of drug-likeness (QED) is 0.479. The number of amides is 1. The fourth-order valence-corrected chi connectivity index (χ4v) is 1.92. The fourth-order valence-electron chi connectivity index (χ4n) is 1.65. The van der Waals surface area contributed by atoms with Crippen LogP contribution < -0.4 is 5.32 Å². The maximum atomic E-state index is 13.8. The number of allylic oxidation sites excluding steroid dienone is 3. The molecule has 3 nitrogen and oxygen atoms in total. The Kier molecular flexibility index (Phi) is 6.09. The van der Waals surface area contributed by atoms with E-state index in [-0.39, 0.29) is 12.5 Å². The van der Waals surface area contributed by atoms with Gasteiger partial charge in [0.15, 0.2) is 6.61 Å². The Labute approximate surface area is 118 Å². The van der Waals surface area contributed by atoms with Gasteiger partial charge >= 0.3 is 0 Å². The van der Waals surface area contributed by atoms with Gasteiger partial charge in [-0.25, -0.2) is 4.39 Å². The van der Waals surface area contributed by atoms with E-state index in [2.05, 4.69) is 18.5 Å². The summed E-state index contributed by atoms with van der Waals surface area (Å²) < 4.78 is 18.9. The molecule has 19 heavy (non-hydrogen) atoms. The van der Waals surface area contributed by atoms with E-state index in [0.717, 1.165) is 0 Å². The molecule has 1 aliphatic rings. The van der Waals surface area contributed by atoms with Gasteiger partial charge in [0.2, 0.25) is 0 Å². The van der Waals surface area contributed by atoms with Gasteiger partial charge in [-0.2, -0.15) is 0 Å². The van der Waals surface area contributed by atoms with E-state index in [0.29, 0.717) is 36.1 Å². The number of carbonyl (C=O) groups excluding carboxylic acids is 1. The van der Waals surface area contributed by atoms with Crippen LogP contribution >= 0.6 is 11.6 Å². The number of halogens is 2. The molecule has 1 rings (SSSR count). The lowest BCUT2D eigenvalue weighted by Gasteiger charge is -2.25. The predicted molar refractivity (Wildman–Crippen MR) is 74.5 cm³/mol. The zero-order valence-electron chi connectivity index (χ0n) is 11.0. The molecule has 0 aromatic heterocycles. The zero-order valence-corrected chi connectivity index (χ0v) is 11.8. The van der Waals surface area contributed by atoms with Crippen molar-refractivity contribution in [3.63, 3.8) is 0 Å². The van der Waals surface area contributed by atoms with Gasteiger partial charge in [0.05, 0.1) is 11.6 Å². The molecule has 1 saturated carbocycles. The van der Waals surface area contributed by atoms with Gasteiger partial charge in [-0.05, 0) is 19.3 Å². The Morgan fingerprint density at radius 3 is 2.95 bits per heavy atom. The number of hydrogen-bond acceptors (Lipinski definition) is 2. The molecule has 0 aromatic rings. The second-order valence-electron chi connectivity index (χ2n) is 4.47. The van der Waals surface area contributed by atoms with Crippen LogP contribution in [0.25, 0.3) is 0 Å². The van der Waals surface area contributed by atoms with Crippen molar-refractivity contribution >= 4 is 17.5 Å². The average Bonchev–Trinajstić information content (AvgIpc) is 2.38. The summed E-state index contributed by atoms with van der Waals surface area (Å²) >= 11 is 5.88. The third kappa shape index (κ3) is 4.71. The minimum Gasteiger partial charge on any atom is -0.491 e. The zero-order chi connectivity index (χ0) is 14.4. The molecule has 5 heteroatoms. The second kappa shape index (κ2) is 7.34. The minimum absolute atomic E-state index is 0.164. The molecule has 0 saturated heterocycles. The Morgan fingerprint density at radius 2 is 2.32 bits per heavy atom.